The van der Waals surface area contributed by atoms with Gasteiger partial charge in [-0.25, -0.2) is 0 Å². The Bertz CT molecular complexity index is 277. The van der Waals surface area contributed by atoms with Gasteiger partial charge in [0.2, 0.25) is 0 Å². The molecule has 0 saturated carbocycles. The van der Waals surface area contributed by atoms with E-state index in [4.69, 9.17) is 0 Å². The van der Waals surface area contributed by atoms with E-state index < -0.39 is 0 Å². The predicted octanol–water partition coefficient (Wildman–Crippen LogP) is 3.83. The van der Waals surface area contributed by atoms with Crippen LogP contribution in [0.15, 0.2) is 40.9 Å². The van der Waals surface area contributed by atoms with Crippen LogP contribution in [0.2, 0.25) is 0 Å². The summed E-state index contributed by atoms with van der Waals surface area (Å²) in [5.41, 5.74) is 2.37. The van der Waals surface area contributed by atoms with Crippen molar-refractivity contribution in [1.82, 2.24) is 0 Å². The van der Waals surface area contributed by atoms with Crippen LogP contribution < -0.4 is 5.32 Å². The van der Waals surface area contributed by atoms with Gasteiger partial charge >= 0.3 is 0 Å². The third kappa shape index (κ3) is 4.13. The van der Waals surface area contributed by atoms with E-state index in [0.717, 1.165) is 23.1 Å². The molecule has 0 saturated heterocycles. The fraction of sp³-hybridized carbons (Fsp3) is 0.273. The van der Waals surface area contributed by atoms with Crippen LogP contribution in [0.1, 0.15) is 13.3 Å². The normalized spacial score (nSPS) is 9.69. The van der Waals surface area contributed by atoms with Crippen LogP contribution in [-0.4, -0.2) is 6.54 Å². The molecule has 0 amide bonds. The molecule has 0 atom stereocenters. The van der Waals surface area contributed by atoms with Crippen molar-refractivity contribution in [2.75, 3.05) is 11.9 Å². The number of anilines is 1. The van der Waals surface area contributed by atoms with E-state index in [1.54, 1.807) is 0 Å². The highest BCUT2D eigenvalue weighted by Crippen LogP contribution is 2.14. The molecule has 0 aromatic heterocycles. The Morgan fingerprint density at radius 3 is 2.54 bits per heavy atom. The molecule has 0 aliphatic heterocycles. The first-order valence-corrected chi connectivity index (χ1v) is 5.11. The number of hydrogen-bond acceptors (Lipinski definition) is 1. The summed E-state index contributed by atoms with van der Waals surface area (Å²) < 4.78 is 1.11. The van der Waals surface area contributed by atoms with Crippen LogP contribution in [-0.2, 0) is 0 Å². The molecule has 1 aromatic carbocycles. The molecule has 2 heteroatoms. The van der Waals surface area contributed by atoms with Gasteiger partial charge in [-0.1, -0.05) is 21.5 Å². The van der Waals surface area contributed by atoms with Gasteiger partial charge in [-0.3, -0.25) is 0 Å². The molecular weight excluding hydrogens is 226 g/mol. The average Bonchev–Trinajstić information content (AvgIpc) is 2.08. The lowest BCUT2D eigenvalue weighted by Gasteiger charge is -2.05. The van der Waals surface area contributed by atoms with E-state index >= 15 is 0 Å². The molecule has 0 aliphatic carbocycles. The van der Waals surface area contributed by atoms with Gasteiger partial charge in [0.15, 0.2) is 0 Å². The maximum absolute atomic E-state index is 3.85. The Labute approximate surface area is 88.0 Å². The van der Waals surface area contributed by atoms with Crippen molar-refractivity contribution >= 4 is 21.6 Å². The number of rotatable bonds is 4. The molecule has 1 rings (SSSR count). The van der Waals surface area contributed by atoms with E-state index in [1.807, 2.05) is 19.1 Å². The monoisotopic (exact) mass is 239 g/mol. The minimum Gasteiger partial charge on any atom is -0.385 e. The van der Waals surface area contributed by atoms with Crippen LogP contribution in [0.25, 0.3) is 0 Å². The van der Waals surface area contributed by atoms with Gasteiger partial charge in [0, 0.05) is 16.7 Å². The summed E-state index contributed by atoms with van der Waals surface area (Å²) >= 11 is 3.39. The first kappa shape index (κ1) is 10.3. The van der Waals surface area contributed by atoms with Crippen molar-refractivity contribution < 1.29 is 0 Å². The minimum absolute atomic E-state index is 0.955. The number of hydrogen-bond donors (Lipinski definition) is 1. The Morgan fingerprint density at radius 2 is 2.00 bits per heavy atom. The zero-order valence-corrected chi connectivity index (χ0v) is 9.39. The highest BCUT2D eigenvalue weighted by molar-refractivity contribution is 9.10. The van der Waals surface area contributed by atoms with Crippen molar-refractivity contribution in [2.45, 2.75) is 13.3 Å². The second-order valence-electron chi connectivity index (χ2n) is 3.14. The van der Waals surface area contributed by atoms with Gasteiger partial charge in [0.1, 0.15) is 0 Å². The van der Waals surface area contributed by atoms with E-state index in [-0.39, 0.29) is 0 Å². The molecule has 0 radical (unpaired) electrons. The molecule has 0 bridgehead atoms. The lowest BCUT2D eigenvalue weighted by Crippen LogP contribution is -2.00. The fourth-order valence-electron chi connectivity index (χ4n) is 0.988. The molecule has 13 heavy (non-hydrogen) atoms. The van der Waals surface area contributed by atoms with Crippen LogP contribution in [0.3, 0.4) is 0 Å². The summed E-state index contributed by atoms with van der Waals surface area (Å²) in [5.74, 6) is 0. The largest absolute Gasteiger partial charge is 0.385 e. The number of nitrogens with one attached hydrogen (secondary N) is 1. The topological polar surface area (TPSA) is 12.0 Å². The molecule has 1 N–H and O–H groups in total. The summed E-state index contributed by atoms with van der Waals surface area (Å²) in [6.07, 6.45) is 1.02. The van der Waals surface area contributed by atoms with Crippen LogP contribution in [0.5, 0.6) is 0 Å². The van der Waals surface area contributed by atoms with Gasteiger partial charge < -0.3 is 5.32 Å². The van der Waals surface area contributed by atoms with Crippen molar-refractivity contribution in [3.05, 3.63) is 40.9 Å². The molecule has 0 fully saturated rings. The Balaban J connectivity index is 2.37. The summed E-state index contributed by atoms with van der Waals surface area (Å²) in [6.45, 7) is 6.85. The first-order chi connectivity index (χ1) is 6.18. The van der Waals surface area contributed by atoms with Crippen LogP contribution in [0.4, 0.5) is 5.69 Å². The van der Waals surface area contributed by atoms with E-state index in [2.05, 4.69) is 40.0 Å². The summed E-state index contributed by atoms with van der Waals surface area (Å²) in [5, 5.41) is 3.32. The van der Waals surface area contributed by atoms with Crippen molar-refractivity contribution in [2.24, 2.45) is 0 Å². The molecule has 70 valence electrons. The van der Waals surface area contributed by atoms with Crippen molar-refractivity contribution in [3.8, 4) is 0 Å². The first-order valence-electron chi connectivity index (χ1n) is 4.32. The van der Waals surface area contributed by atoms with Gasteiger partial charge in [0.25, 0.3) is 0 Å². The maximum Gasteiger partial charge on any atom is 0.0341 e. The van der Waals surface area contributed by atoms with Gasteiger partial charge in [0.05, 0.1) is 0 Å². The van der Waals surface area contributed by atoms with E-state index in [9.17, 15) is 0 Å². The molecular formula is C11H14BrN. The fourth-order valence-corrected chi connectivity index (χ4v) is 1.25. The van der Waals surface area contributed by atoms with Crippen molar-refractivity contribution in [1.29, 1.82) is 0 Å². The molecule has 0 aliphatic rings. The second kappa shape index (κ2) is 5.07. The van der Waals surface area contributed by atoms with Gasteiger partial charge in [-0.2, -0.15) is 0 Å². The highest BCUT2D eigenvalue weighted by Gasteiger charge is 1.91. The van der Waals surface area contributed by atoms with Crippen LogP contribution in [0, 0.1) is 0 Å². The smallest absolute Gasteiger partial charge is 0.0341 e. The highest BCUT2D eigenvalue weighted by atomic mass is 79.9. The third-order valence-corrected chi connectivity index (χ3v) is 2.25. The van der Waals surface area contributed by atoms with Crippen LogP contribution >= 0.6 is 15.9 Å². The molecule has 0 heterocycles. The van der Waals surface area contributed by atoms with Gasteiger partial charge in [-0.15, -0.1) is 6.58 Å². The SMILES string of the molecule is C=C(C)CCNc1ccc(Br)cc1. The van der Waals surface area contributed by atoms with Gasteiger partial charge in [-0.05, 0) is 37.6 Å². The predicted molar refractivity (Wildman–Crippen MR) is 62.1 cm³/mol. The molecule has 0 spiro atoms. The maximum atomic E-state index is 3.85. The van der Waals surface area contributed by atoms with E-state index in [1.165, 1.54) is 5.57 Å². The Hall–Kier alpha value is -0.760. The summed E-state index contributed by atoms with van der Waals surface area (Å²) in [4.78, 5) is 0. The lowest BCUT2D eigenvalue weighted by molar-refractivity contribution is 1.00. The second-order valence-corrected chi connectivity index (χ2v) is 4.06. The van der Waals surface area contributed by atoms with Crippen molar-refractivity contribution in [3.63, 3.8) is 0 Å². The summed E-state index contributed by atoms with van der Waals surface area (Å²) in [6, 6.07) is 8.18. The average molecular weight is 240 g/mol. The Kier molecular flexibility index (Phi) is 4.03. The lowest BCUT2D eigenvalue weighted by atomic mass is 10.2. The Morgan fingerprint density at radius 1 is 1.38 bits per heavy atom. The third-order valence-electron chi connectivity index (χ3n) is 1.73. The molecule has 0 unspecified atom stereocenters. The molecule has 1 nitrogen and oxygen atoms in total. The zero-order valence-electron chi connectivity index (χ0n) is 7.81. The quantitative estimate of drug-likeness (QED) is 0.788. The number of halogens is 1. The standard InChI is InChI=1S/C11H14BrN/c1-9(2)7-8-13-11-5-3-10(12)4-6-11/h3-6,13H,1,7-8H2,2H3. The minimum atomic E-state index is 0.955. The zero-order chi connectivity index (χ0) is 9.68. The van der Waals surface area contributed by atoms with E-state index in [0.29, 0.717) is 0 Å². The molecule has 1 aromatic rings. The number of benzene rings is 1. The summed E-state index contributed by atoms with van der Waals surface area (Å²) in [7, 11) is 0.